The second-order valence-electron chi connectivity index (χ2n) is 14.6. The van der Waals surface area contributed by atoms with Crippen molar-refractivity contribution < 1.29 is 0 Å². The normalized spacial score (nSPS) is 11.0. The van der Waals surface area contributed by atoms with Gasteiger partial charge in [-0.15, -0.1) is 0 Å². The zero-order valence-corrected chi connectivity index (χ0v) is 32.7. The fourth-order valence-electron chi connectivity index (χ4n) is 7.89. The largest absolute Gasteiger partial charge is 0.246 e. The van der Waals surface area contributed by atoms with E-state index in [0.717, 1.165) is 83.7 Å². The lowest BCUT2D eigenvalue weighted by Crippen LogP contribution is -2.02. The predicted octanol–water partition coefficient (Wildman–Crippen LogP) is 14.3. The minimum atomic E-state index is 0.592. The summed E-state index contributed by atoms with van der Waals surface area (Å²) in [5.41, 5.74) is 15.2. The summed E-state index contributed by atoms with van der Waals surface area (Å²) in [7, 11) is 0. The summed E-state index contributed by atoms with van der Waals surface area (Å²) in [5.74, 6) is 1.82. The van der Waals surface area contributed by atoms with Gasteiger partial charge in [0.15, 0.2) is 17.5 Å². The van der Waals surface area contributed by atoms with E-state index in [4.69, 9.17) is 19.9 Å². The molecule has 8 aromatic carbocycles. The Bertz CT molecular complexity index is 2940. The Balaban J connectivity index is 1.25. The molecule has 0 aliphatic rings. The average molecular weight is 767 g/mol. The quantitative estimate of drug-likeness (QED) is 0.147. The van der Waals surface area contributed by atoms with Crippen LogP contribution in [0.2, 0.25) is 0 Å². The van der Waals surface area contributed by atoms with Gasteiger partial charge in [0.2, 0.25) is 0 Å². The van der Waals surface area contributed by atoms with Crippen LogP contribution in [0.3, 0.4) is 0 Å². The number of hydrogen-bond acceptors (Lipinski definition) is 4. The second kappa shape index (κ2) is 16.4. The molecule has 282 valence electrons. The number of hydrogen-bond donors (Lipinski definition) is 0. The van der Waals surface area contributed by atoms with Crippen molar-refractivity contribution in [1.29, 1.82) is 0 Å². The van der Waals surface area contributed by atoms with Gasteiger partial charge in [0, 0.05) is 44.5 Å². The lowest BCUT2D eigenvalue weighted by atomic mass is 9.83. The minimum Gasteiger partial charge on any atom is -0.246 e. The number of nitrogens with zero attached hydrogens (tertiary/aromatic N) is 4. The van der Waals surface area contributed by atoms with Crippen LogP contribution in [0.25, 0.3) is 101 Å². The zero-order valence-electron chi connectivity index (χ0n) is 32.7. The monoisotopic (exact) mass is 766 g/mol. The van der Waals surface area contributed by atoms with E-state index < -0.39 is 0 Å². The van der Waals surface area contributed by atoms with Crippen LogP contribution >= 0.6 is 0 Å². The van der Waals surface area contributed by atoms with Crippen molar-refractivity contribution in [2.75, 3.05) is 0 Å². The summed E-state index contributed by atoms with van der Waals surface area (Å²) in [4.78, 5) is 21.1. The Morgan fingerprint density at radius 2 is 0.483 bits per heavy atom. The molecule has 0 saturated heterocycles. The highest BCUT2D eigenvalue weighted by Gasteiger charge is 2.25. The second-order valence-corrected chi connectivity index (χ2v) is 14.6. The van der Waals surface area contributed by atoms with Gasteiger partial charge < -0.3 is 0 Å². The Hall–Kier alpha value is -8.08. The maximum Gasteiger partial charge on any atom is 0.164 e. The fraction of sp³-hybridized carbons (Fsp3) is 0. The summed E-state index contributed by atoms with van der Waals surface area (Å²) in [6.45, 7) is 0. The van der Waals surface area contributed by atoms with Crippen molar-refractivity contribution in [2.45, 2.75) is 0 Å². The highest BCUT2D eigenvalue weighted by molar-refractivity contribution is 6.05. The number of pyridine rings is 1. The van der Waals surface area contributed by atoms with E-state index in [9.17, 15) is 0 Å². The first-order valence-electron chi connectivity index (χ1n) is 20.1. The SMILES string of the molecule is c1ccc(-c2cccc(-c3nc(-c4ccccc4)nc(-c4cccc(-c5c(-c6ccccc6)c(-c6ccccc6)nc(-c6ccccc6)c5-c5ccccc5)c4)n3)c2)cc1. The third-order valence-electron chi connectivity index (χ3n) is 10.7. The van der Waals surface area contributed by atoms with Gasteiger partial charge >= 0.3 is 0 Å². The van der Waals surface area contributed by atoms with Gasteiger partial charge in [0.25, 0.3) is 0 Å². The van der Waals surface area contributed by atoms with E-state index in [2.05, 4.69) is 194 Å². The van der Waals surface area contributed by atoms with Gasteiger partial charge in [0.1, 0.15) is 0 Å². The van der Waals surface area contributed by atoms with Crippen LogP contribution in [-0.2, 0) is 0 Å². The van der Waals surface area contributed by atoms with Crippen molar-refractivity contribution in [3.05, 3.63) is 231 Å². The summed E-state index contributed by atoms with van der Waals surface area (Å²) in [6.07, 6.45) is 0. The lowest BCUT2D eigenvalue weighted by Gasteiger charge is -2.23. The van der Waals surface area contributed by atoms with Crippen molar-refractivity contribution >= 4 is 0 Å². The Labute approximate surface area is 350 Å². The van der Waals surface area contributed by atoms with Crippen LogP contribution in [0.4, 0.5) is 0 Å². The molecule has 0 unspecified atom stereocenters. The van der Waals surface area contributed by atoms with E-state index >= 15 is 0 Å². The number of aromatic nitrogens is 4. The molecule has 0 spiro atoms. The molecule has 0 aliphatic carbocycles. The first-order chi connectivity index (χ1) is 29.8. The molecule has 0 N–H and O–H groups in total. The molecule has 0 radical (unpaired) electrons. The summed E-state index contributed by atoms with van der Waals surface area (Å²) >= 11 is 0. The van der Waals surface area contributed by atoms with Gasteiger partial charge in [-0.05, 0) is 39.9 Å². The first-order valence-corrected chi connectivity index (χ1v) is 20.1. The highest BCUT2D eigenvalue weighted by Crippen LogP contribution is 2.49. The van der Waals surface area contributed by atoms with Gasteiger partial charge in [0.05, 0.1) is 11.4 Å². The average Bonchev–Trinajstić information content (AvgIpc) is 3.35. The predicted molar refractivity (Wildman–Crippen MR) is 247 cm³/mol. The van der Waals surface area contributed by atoms with Gasteiger partial charge in [-0.3, -0.25) is 0 Å². The van der Waals surface area contributed by atoms with Gasteiger partial charge in [-0.2, -0.15) is 0 Å². The molecule has 10 aromatic rings. The topological polar surface area (TPSA) is 51.6 Å². The minimum absolute atomic E-state index is 0.592. The van der Waals surface area contributed by atoms with Crippen molar-refractivity contribution in [3.63, 3.8) is 0 Å². The van der Waals surface area contributed by atoms with Crippen molar-refractivity contribution in [2.24, 2.45) is 0 Å². The van der Waals surface area contributed by atoms with Crippen LogP contribution in [0.1, 0.15) is 0 Å². The van der Waals surface area contributed by atoms with E-state index in [0.29, 0.717) is 17.5 Å². The molecule has 2 aromatic heterocycles. The molecule has 0 fully saturated rings. The molecule has 4 heteroatoms. The summed E-state index contributed by atoms with van der Waals surface area (Å²) < 4.78 is 0. The van der Waals surface area contributed by atoms with Crippen molar-refractivity contribution in [3.8, 4) is 101 Å². The molecule has 4 nitrogen and oxygen atoms in total. The van der Waals surface area contributed by atoms with E-state index in [1.165, 1.54) is 0 Å². The van der Waals surface area contributed by atoms with E-state index in [-0.39, 0.29) is 0 Å². The molecule has 0 aliphatic heterocycles. The Morgan fingerprint density at radius 1 is 0.183 bits per heavy atom. The Kier molecular flexibility index (Phi) is 9.92. The van der Waals surface area contributed by atoms with E-state index in [1.54, 1.807) is 0 Å². The lowest BCUT2D eigenvalue weighted by molar-refractivity contribution is 1.07. The summed E-state index contributed by atoms with van der Waals surface area (Å²) in [6, 6.07) is 79.9. The maximum absolute atomic E-state index is 5.62. The molecule has 0 saturated carbocycles. The summed E-state index contributed by atoms with van der Waals surface area (Å²) in [5, 5.41) is 0. The standard InChI is InChI=1S/C56H38N4/c1-7-21-39(22-8-1)45-33-19-35-47(37-45)55-58-54(44-31-17-6-18-32-44)59-56(60-55)48-36-20-34-46(38-48)49-50(40-23-9-2-10-24-40)52(42-27-13-4-14-28-42)57-53(43-29-15-5-16-30-43)51(49)41-25-11-3-12-26-41/h1-38H. The molecule has 0 bridgehead atoms. The number of rotatable bonds is 9. The molecule has 60 heavy (non-hydrogen) atoms. The molecule has 10 rings (SSSR count). The third kappa shape index (κ3) is 7.30. The van der Waals surface area contributed by atoms with E-state index in [1.807, 2.05) is 36.4 Å². The first kappa shape index (κ1) is 36.3. The van der Waals surface area contributed by atoms with Crippen LogP contribution < -0.4 is 0 Å². The van der Waals surface area contributed by atoms with Gasteiger partial charge in [-0.25, -0.2) is 19.9 Å². The molecule has 0 amide bonds. The zero-order chi connectivity index (χ0) is 40.1. The third-order valence-corrected chi connectivity index (χ3v) is 10.7. The van der Waals surface area contributed by atoms with Crippen LogP contribution in [0.15, 0.2) is 231 Å². The highest BCUT2D eigenvalue weighted by atomic mass is 15.0. The van der Waals surface area contributed by atoms with Crippen LogP contribution in [-0.4, -0.2) is 19.9 Å². The molecular formula is C56H38N4. The fourth-order valence-corrected chi connectivity index (χ4v) is 7.89. The maximum atomic E-state index is 5.62. The van der Waals surface area contributed by atoms with Crippen molar-refractivity contribution in [1.82, 2.24) is 19.9 Å². The smallest absolute Gasteiger partial charge is 0.164 e. The van der Waals surface area contributed by atoms with Crippen LogP contribution in [0, 0.1) is 0 Å². The van der Waals surface area contributed by atoms with Gasteiger partial charge in [-0.1, -0.05) is 218 Å². The molecular weight excluding hydrogens is 729 g/mol. The molecule has 0 atom stereocenters. The number of benzene rings is 8. The van der Waals surface area contributed by atoms with Crippen LogP contribution in [0.5, 0.6) is 0 Å². The Morgan fingerprint density at radius 3 is 0.917 bits per heavy atom. The molecule has 2 heterocycles.